The zero-order valence-corrected chi connectivity index (χ0v) is 15.4. The van der Waals surface area contributed by atoms with Crippen molar-refractivity contribution in [3.05, 3.63) is 58.1 Å². The highest BCUT2D eigenvalue weighted by atomic mass is 16.6. The maximum atomic E-state index is 12.3. The van der Waals surface area contributed by atoms with Crippen LogP contribution in [0.2, 0.25) is 0 Å². The molecule has 8 heteroatoms. The van der Waals surface area contributed by atoms with Crippen LogP contribution in [0.15, 0.2) is 42.5 Å². The maximum absolute atomic E-state index is 12.3. The fraction of sp³-hybridized carbons (Fsp3) is 0.316. The highest BCUT2D eigenvalue weighted by Crippen LogP contribution is 2.28. The molecule has 0 aliphatic carbocycles. The number of nitrogens with one attached hydrogen (secondary N) is 2. The van der Waals surface area contributed by atoms with Crippen molar-refractivity contribution in [2.24, 2.45) is 0 Å². The number of carbonyl (C=O) groups is 1. The van der Waals surface area contributed by atoms with Crippen LogP contribution >= 0.6 is 0 Å². The van der Waals surface area contributed by atoms with E-state index in [1.165, 1.54) is 6.07 Å². The number of para-hydroxylation sites is 2. The Hall–Kier alpha value is -3.29. The average molecular weight is 373 g/mol. The fourth-order valence-corrected chi connectivity index (χ4v) is 2.45. The molecule has 2 aromatic rings. The molecule has 1 amide bonds. The molecule has 0 spiro atoms. The Labute approximate surface area is 157 Å². The summed E-state index contributed by atoms with van der Waals surface area (Å²) in [6, 6.07) is 11.4. The van der Waals surface area contributed by atoms with Crippen LogP contribution in [0.3, 0.4) is 0 Å². The van der Waals surface area contributed by atoms with Crippen LogP contribution in [-0.4, -0.2) is 37.1 Å². The number of hydrogen-bond donors (Lipinski definition) is 2. The third kappa shape index (κ3) is 5.60. The summed E-state index contributed by atoms with van der Waals surface area (Å²) in [4.78, 5) is 22.8. The van der Waals surface area contributed by atoms with Gasteiger partial charge in [-0.1, -0.05) is 12.1 Å². The number of benzene rings is 2. The van der Waals surface area contributed by atoms with Gasteiger partial charge < -0.3 is 20.1 Å². The van der Waals surface area contributed by atoms with Crippen LogP contribution in [0.5, 0.6) is 11.5 Å². The van der Waals surface area contributed by atoms with Crippen molar-refractivity contribution in [2.45, 2.75) is 13.8 Å². The van der Waals surface area contributed by atoms with Crippen LogP contribution in [0, 0.1) is 10.1 Å². The largest absolute Gasteiger partial charge is 0.490 e. The molecule has 0 aliphatic rings. The van der Waals surface area contributed by atoms with Crippen LogP contribution in [0.4, 0.5) is 11.4 Å². The monoisotopic (exact) mass is 373 g/mol. The summed E-state index contributed by atoms with van der Waals surface area (Å²) < 4.78 is 11.0. The number of amides is 1. The van der Waals surface area contributed by atoms with Gasteiger partial charge in [-0.15, -0.1) is 0 Å². The third-order valence-electron chi connectivity index (χ3n) is 3.63. The summed E-state index contributed by atoms with van der Waals surface area (Å²) in [5.41, 5.74) is 0.862. The van der Waals surface area contributed by atoms with Gasteiger partial charge in [0.05, 0.1) is 18.1 Å². The molecule has 8 nitrogen and oxygen atoms in total. The number of hydrogen-bond acceptors (Lipinski definition) is 6. The summed E-state index contributed by atoms with van der Waals surface area (Å²) in [5.74, 6) is 0.849. The predicted octanol–water partition coefficient (Wildman–Crippen LogP) is 3.23. The Balaban J connectivity index is 1.92. The van der Waals surface area contributed by atoms with Gasteiger partial charge >= 0.3 is 0 Å². The van der Waals surface area contributed by atoms with Gasteiger partial charge in [0.1, 0.15) is 5.69 Å². The number of carbonyl (C=O) groups excluding carboxylic acids is 1. The molecule has 2 N–H and O–H groups in total. The van der Waals surface area contributed by atoms with Crippen molar-refractivity contribution >= 4 is 17.3 Å². The minimum Gasteiger partial charge on any atom is -0.490 e. The van der Waals surface area contributed by atoms with Gasteiger partial charge in [0.15, 0.2) is 11.5 Å². The predicted molar refractivity (Wildman–Crippen MR) is 103 cm³/mol. The molecule has 2 rings (SSSR count). The lowest BCUT2D eigenvalue weighted by Crippen LogP contribution is -2.28. The Morgan fingerprint density at radius 2 is 1.74 bits per heavy atom. The summed E-state index contributed by atoms with van der Waals surface area (Å²) >= 11 is 0. The number of anilines is 1. The van der Waals surface area contributed by atoms with Crippen LogP contribution in [0.1, 0.15) is 24.2 Å². The topological polar surface area (TPSA) is 103 Å². The van der Waals surface area contributed by atoms with Crippen molar-refractivity contribution in [1.29, 1.82) is 0 Å². The number of nitro groups is 1. The van der Waals surface area contributed by atoms with Crippen LogP contribution in [0.25, 0.3) is 0 Å². The summed E-state index contributed by atoms with van der Waals surface area (Å²) in [7, 11) is 0. The minimum absolute atomic E-state index is 0.00306. The molecule has 0 saturated heterocycles. The first-order valence-electron chi connectivity index (χ1n) is 8.72. The van der Waals surface area contributed by atoms with Gasteiger partial charge in [-0.3, -0.25) is 14.9 Å². The standard InChI is InChI=1S/C19H23N3O5/c1-3-26-17-10-9-14(13-18(17)27-4-2)19(23)21-12-11-20-15-7-5-6-8-16(15)22(24)25/h5-10,13,20H,3-4,11-12H2,1-2H3,(H,21,23). The smallest absolute Gasteiger partial charge is 0.292 e. The van der Waals surface area contributed by atoms with Crippen molar-refractivity contribution in [2.75, 3.05) is 31.6 Å². The lowest BCUT2D eigenvalue weighted by atomic mass is 10.2. The Morgan fingerprint density at radius 1 is 1.04 bits per heavy atom. The Bertz CT molecular complexity index is 795. The minimum atomic E-state index is -0.448. The van der Waals surface area contributed by atoms with Gasteiger partial charge in [0.2, 0.25) is 0 Å². The second kappa shape index (κ2) is 10.0. The number of nitro benzene ring substituents is 1. The molecule has 0 atom stereocenters. The normalized spacial score (nSPS) is 10.1. The SMILES string of the molecule is CCOc1ccc(C(=O)NCCNc2ccccc2[N+](=O)[O-])cc1OCC. The van der Waals surface area contributed by atoms with E-state index in [-0.39, 0.29) is 11.6 Å². The molecule has 0 aliphatic heterocycles. The first-order chi connectivity index (χ1) is 13.1. The van der Waals surface area contributed by atoms with Gasteiger partial charge in [-0.25, -0.2) is 0 Å². The van der Waals surface area contributed by atoms with E-state index in [1.807, 2.05) is 13.8 Å². The summed E-state index contributed by atoms with van der Waals surface area (Å²) in [6.07, 6.45) is 0. The van der Waals surface area contributed by atoms with E-state index in [0.29, 0.717) is 49.1 Å². The molecular weight excluding hydrogens is 350 g/mol. The van der Waals surface area contributed by atoms with Crippen molar-refractivity contribution in [3.63, 3.8) is 0 Å². The van der Waals surface area contributed by atoms with Gasteiger partial charge in [-0.05, 0) is 38.1 Å². The zero-order valence-electron chi connectivity index (χ0n) is 15.4. The first kappa shape index (κ1) is 20.0. The van der Waals surface area contributed by atoms with E-state index in [2.05, 4.69) is 10.6 Å². The highest BCUT2D eigenvalue weighted by molar-refractivity contribution is 5.94. The van der Waals surface area contributed by atoms with Gasteiger partial charge in [0, 0.05) is 24.7 Å². The van der Waals surface area contributed by atoms with E-state index in [0.717, 1.165) is 0 Å². The second-order valence-corrected chi connectivity index (χ2v) is 5.48. The second-order valence-electron chi connectivity index (χ2n) is 5.48. The Kier molecular flexibility index (Phi) is 7.42. The van der Waals surface area contributed by atoms with E-state index in [1.54, 1.807) is 36.4 Å². The molecule has 0 saturated carbocycles. The molecular formula is C19H23N3O5. The molecule has 2 aromatic carbocycles. The van der Waals surface area contributed by atoms with Crippen molar-refractivity contribution in [3.8, 4) is 11.5 Å². The zero-order chi connectivity index (χ0) is 19.6. The van der Waals surface area contributed by atoms with Crippen LogP contribution in [-0.2, 0) is 0 Å². The fourth-order valence-electron chi connectivity index (χ4n) is 2.45. The Morgan fingerprint density at radius 3 is 2.44 bits per heavy atom. The first-order valence-corrected chi connectivity index (χ1v) is 8.72. The lowest BCUT2D eigenvalue weighted by Gasteiger charge is -2.13. The third-order valence-corrected chi connectivity index (χ3v) is 3.63. The van der Waals surface area contributed by atoms with E-state index < -0.39 is 4.92 Å². The van der Waals surface area contributed by atoms with Gasteiger partial charge in [-0.2, -0.15) is 0 Å². The van der Waals surface area contributed by atoms with E-state index >= 15 is 0 Å². The lowest BCUT2D eigenvalue weighted by molar-refractivity contribution is -0.384. The summed E-state index contributed by atoms with van der Waals surface area (Å²) in [5, 5.41) is 16.7. The number of rotatable bonds is 10. The van der Waals surface area contributed by atoms with Crippen LogP contribution < -0.4 is 20.1 Å². The molecule has 0 aromatic heterocycles. The maximum Gasteiger partial charge on any atom is 0.292 e. The summed E-state index contributed by atoms with van der Waals surface area (Å²) in [6.45, 7) is 5.36. The molecule has 0 radical (unpaired) electrons. The van der Waals surface area contributed by atoms with E-state index in [4.69, 9.17) is 9.47 Å². The molecule has 27 heavy (non-hydrogen) atoms. The quantitative estimate of drug-likeness (QED) is 0.376. The van der Waals surface area contributed by atoms with E-state index in [9.17, 15) is 14.9 Å². The average Bonchev–Trinajstić information content (AvgIpc) is 2.67. The molecule has 0 fully saturated rings. The molecule has 0 heterocycles. The number of ether oxygens (including phenoxy) is 2. The molecule has 0 unspecified atom stereocenters. The van der Waals surface area contributed by atoms with Crippen molar-refractivity contribution in [1.82, 2.24) is 5.32 Å². The molecule has 0 bridgehead atoms. The molecule has 144 valence electrons. The van der Waals surface area contributed by atoms with Crippen molar-refractivity contribution < 1.29 is 19.2 Å². The highest BCUT2D eigenvalue weighted by Gasteiger charge is 2.13. The van der Waals surface area contributed by atoms with Gasteiger partial charge in [0.25, 0.3) is 11.6 Å². The number of nitrogens with zero attached hydrogens (tertiary/aromatic N) is 1.